The Bertz CT molecular complexity index is 1370. The van der Waals surface area contributed by atoms with Gasteiger partial charge in [-0.2, -0.15) is 10.4 Å². The summed E-state index contributed by atoms with van der Waals surface area (Å²) in [6.07, 6.45) is 6.52. The molecule has 0 saturated carbocycles. The third-order valence-corrected chi connectivity index (χ3v) is 7.42. The summed E-state index contributed by atoms with van der Waals surface area (Å²) >= 11 is 0. The van der Waals surface area contributed by atoms with Gasteiger partial charge >= 0.3 is 0 Å². The number of anilines is 3. The number of piperidine rings is 1. The molecule has 0 spiro atoms. The number of carbonyl (C=O) groups is 2. The summed E-state index contributed by atoms with van der Waals surface area (Å²) in [5.41, 5.74) is 8.52. The van der Waals surface area contributed by atoms with E-state index in [0.29, 0.717) is 28.9 Å². The second-order valence-electron chi connectivity index (χ2n) is 10.4. The molecular weight excluding hydrogens is 456 g/mol. The number of nitrogens with one attached hydrogen (secondary N) is 1. The summed E-state index contributed by atoms with van der Waals surface area (Å²) in [4.78, 5) is 33.4. The Morgan fingerprint density at radius 2 is 2.06 bits per heavy atom. The standard InChI is InChI=1S/C26H30N8O2/c1-16-6-9-33(25(16)36)18-10-20-23(19(24(28)35)13-30-34(20)14-18)31-21-7-8-32(15-26(21,2)3)22-5-4-17(11-27)12-29-22/h4-5,10,12-14,16,21,31H,6-9,15H2,1-3H3,(H2,28,35)/t16?,21-/m1/s1. The SMILES string of the molecule is CC1CCN(c2cc3c(N[C@@H]4CCN(c5ccc(C#N)cn5)CC4(C)C)c(C(N)=O)cnn3c2)C1=O. The van der Waals surface area contributed by atoms with Crippen LogP contribution in [0, 0.1) is 22.7 Å². The van der Waals surface area contributed by atoms with E-state index in [4.69, 9.17) is 11.0 Å². The first kappa shape index (κ1) is 23.6. The molecule has 2 aliphatic rings. The molecule has 36 heavy (non-hydrogen) atoms. The Balaban J connectivity index is 1.44. The third kappa shape index (κ3) is 4.11. The minimum absolute atomic E-state index is 0.00340. The van der Waals surface area contributed by atoms with Crippen LogP contribution in [0.4, 0.5) is 17.2 Å². The first-order valence-electron chi connectivity index (χ1n) is 12.2. The van der Waals surface area contributed by atoms with E-state index in [0.717, 1.165) is 37.4 Å². The predicted octanol–water partition coefficient (Wildman–Crippen LogP) is 2.79. The van der Waals surface area contributed by atoms with E-state index in [9.17, 15) is 9.59 Å². The number of fused-ring (bicyclic) bond motifs is 1. The van der Waals surface area contributed by atoms with Gasteiger partial charge in [-0.05, 0) is 31.0 Å². The van der Waals surface area contributed by atoms with Crippen molar-refractivity contribution in [3.8, 4) is 6.07 Å². The number of primary amides is 1. The molecule has 3 N–H and O–H groups in total. The van der Waals surface area contributed by atoms with Crippen LogP contribution in [-0.2, 0) is 4.79 Å². The van der Waals surface area contributed by atoms with Crippen molar-refractivity contribution < 1.29 is 9.59 Å². The van der Waals surface area contributed by atoms with Gasteiger partial charge < -0.3 is 20.9 Å². The fraction of sp³-hybridized carbons (Fsp3) is 0.423. The minimum atomic E-state index is -0.557. The average molecular weight is 487 g/mol. The van der Waals surface area contributed by atoms with Crippen LogP contribution >= 0.6 is 0 Å². The second kappa shape index (κ2) is 8.82. The molecule has 5 rings (SSSR count). The van der Waals surface area contributed by atoms with Crippen molar-refractivity contribution in [2.75, 3.05) is 34.8 Å². The first-order chi connectivity index (χ1) is 17.2. The van der Waals surface area contributed by atoms with Crippen LogP contribution in [0.15, 0.2) is 36.8 Å². The molecule has 2 saturated heterocycles. The highest BCUT2D eigenvalue weighted by Crippen LogP contribution is 2.37. The van der Waals surface area contributed by atoms with Crippen molar-refractivity contribution in [3.05, 3.63) is 47.9 Å². The summed E-state index contributed by atoms with van der Waals surface area (Å²) in [6.45, 7) is 8.46. The Hall–Kier alpha value is -4.13. The Morgan fingerprint density at radius 1 is 1.25 bits per heavy atom. The maximum Gasteiger partial charge on any atom is 0.252 e. The van der Waals surface area contributed by atoms with E-state index in [1.165, 1.54) is 6.20 Å². The lowest BCUT2D eigenvalue weighted by molar-refractivity contribution is -0.119. The Labute approximate surface area is 209 Å². The van der Waals surface area contributed by atoms with Crippen molar-refractivity contribution in [3.63, 3.8) is 0 Å². The van der Waals surface area contributed by atoms with Gasteiger partial charge in [0.05, 0.1) is 40.4 Å². The topological polar surface area (TPSA) is 133 Å². The molecule has 0 aliphatic carbocycles. The molecular formula is C26H30N8O2. The quantitative estimate of drug-likeness (QED) is 0.567. The summed E-state index contributed by atoms with van der Waals surface area (Å²) in [5, 5.41) is 17.1. The van der Waals surface area contributed by atoms with Crippen LogP contribution in [0.2, 0.25) is 0 Å². The molecule has 0 bridgehead atoms. The third-order valence-electron chi connectivity index (χ3n) is 7.42. The van der Waals surface area contributed by atoms with Gasteiger partial charge in [-0.25, -0.2) is 9.50 Å². The number of nitrogens with zero attached hydrogens (tertiary/aromatic N) is 6. The second-order valence-corrected chi connectivity index (χ2v) is 10.4. The molecule has 2 amide bonds. The molecule has 0 aromatic carbocycles. The summed E-state index contributed by atoms with van der Waals surface area (Å²) in [5.74, 6) is 0.375. The van der Waals surface area contributed by atoms with Gasteiger partial charge in [0.15, 0.2) is 0 Å². The number of rotatable bonds is 5. The number of hydrogen-bond donors (Lipinski definition) is 2. The van der Waals surface area contributed by atoms with E-state index in [-0.39, 0.29) is 23.3 Å². The number of amides is 2. The van der Waals surface area contributed by atoms with Crippen molar-refractivity contribution in [1.82, 2.24) is 14.6 Å². The highest BCUT2D eigenvalue weighted by Gasteiger charge is 2.37. The molecule has 3 aromatic rings. The van der Waals surface area contributed by atoms with Crippen molar-refractivity contribution in [1.29, 1.82) is 5.26 Å². The van der Waals surface area contributed by atoms with Gasteiger partial charge in [-0.3, -0.25) is 9.59 Å². The van der Waals surface area contributed by atoms with Gasteiger partial charge in [0.25, 0.3) is 5.91 Å². The summed E-state index contributed by atoms with van der Waals surface area (Å²) in [6, 6.07) is 7.71. The van der Waals surface area contributed by atoms with Crippen LogP contribution in [0.3, 0.4) is 0 Å². The van der Waals surface area contributed by atoms with Gasteiger partial charge in [0, 0.05) is 43.2 Å². The first-order valence-corrected chi connectivity index (χ1v) is 12.2. The zero-order valence-electron chi connectivity index (χ0n) is 20.7. The van der Waals surface area contributed by atoms with Crippen LogP contribution < -0.4 is 20.9 Å². The molecule has 2 atom stereocenters. The zero-order valence-corrected chi connectivity index (χ0v) is 20.7. The molecule has 2 fully saturated rings. The molecule has 3 aromatic heterocycles. The lowest BCUT2D eigenvalue weighted by Crippen LogP contribution is -2.52. The maximum atomic E-state index is 12.6. The van der Waals surface area contributed by atoms with Gasteiger partial charge in [-0.15, -0.1) is 0 Å². The van der Waals surface area contributed by atoms with Gasteiger partial charge in [0.2, 0.25) is 5.91 Å². The molecule has 10 heteroatoms. The average Bonchev–Trinajstić information content (AvgIpc) is 3.43. The largest absolute Gasteiger partial charge is 0.379 e. The normalized spacial score (nSPS) is 21.6. The zero-order chi connectivity index (χ0) is 25.6. The predicted molar refractivity (Wildman–Crippen MR) is 137 cm³/mol. The molecule has 1 unspecified atom stereocenters. The highest BCUT2D eigenvalue weighted by atomic mass is 16.2. The Kier molecular flexibility index (Phi) is 5.79. The summed E-state index contributed by atoms with van der Waals surface area (Å²) in [7, 11) is 0. The molecule has 0 radical (unpaired) electrons. The lowest BCUT2D eigenvalue weighted by Gasteiger charge is -2.45. The van der Waals surface area contributed by atoms with Crippen molar-refractivity contribution in [2.45, 2.75) is 39.7 Å². The number of hydrogen-bond acceptors (Lipinski definition) is 7. The molecule has 5 heterocycles. The van der Waals surface area contributed by atoms with E-state index < -0.39 is 5.91 Å². The number of nitrogens with two attached hydrogens (primary N) is 1. The maximum absolute atomic E-state index is 12.6. The van der Waals surface area contributed by atoms with Crippen LogP contribution in [0.25, 0.3) is 5.52 Å². The number of aromatic nitrogens is 3. The smallest absolute Gasteiger partial charge is 0.252 e. The molecule has 2 aliphatic heterocycles. The van der Waals surface area contributed by atoms with Gasteiger partial charge in [-0.1, -0.05) is 20.8 Å². The number of nitriles is 1. The highest BCUT2D eigenvalue weighted by molar-refractivity contribution is 6.03. The minimum Gasteiger partial charge on any atom is -0.379 e. The monoisotopic (exact) mass is 486 g/mol. The lowest BCUT2D eigenvalue weighted by atomic mass is 9.78. The summed E-state index contributed by atoms with van der Waals surface area (Å²) < 4.78 is 1.70. The van der Waals surface area contributed by atoms with E-state index in [1.54, 1.807) is 21.7 Å². The van der Waals surface area contributed by atoms with Gasteiger partial charge in [0.1, 0.15) is 11.9 Å². The van der Waals surface area contributed by atoms with Crippen LogP contribution in [-0.4, -0.2) is 52.1 Å². The van der Waals surface area contributed by atoms with Crippen LogP contribution in [0.1, 0.15) is 49.5 Å². The van der Waals surface area contributed by atoms with Crippen molar-refractivity contribution >= 4 is 34.5 Å². The number of carbonyl (C=O) groups excluding carboxylic acids is 2. The molecule has 186 valence electrons. The van der Waals surface area contributed by atoms with E-state index in [1.807, 2.05) is 25.3 Å². The fourth-order valence-electron chi connectivity index (χ4n) is 5.24. The number of pyridine rings is 1. The van der Waals surface area contributed by atoms with Crippen molar-refractivity contribution in [2.24, 2.45) is 17.1 Å². The van der Waals surface area contributed by atoms with E-state index in [2.05, 4.69) is 40.2 Å². The fourth-order valence-corrected chi connectivity index (χ4v) is 5.24. The van der Waals surface area contributed by atoms with Crippen LogP contribution in [0.5, 0.6) is 0 Å². The van der Waals surface area contributed by atoms with E-state index >= 15 is 0 Å². The molecule has 10 nitrogen and oxygen atoms in total. The Morgan fingerprint density at radius 3 is 2.67 bits per heavy atom.